The number of rotatable bonds is 3. The van der Waals surface area contributed by atoms with Gasteiger partial charge in [0.2, 0.25) is 5.52 Å². The first kappa shape index (κ1) is 11.1. The molecular formula is C11H5N3O5. The standard InChI is InChI=1S/C11H5N3O5/c15-5-6-1-4-9(18-6)7-2-3-8-10(13-19-12-8)11(7)14(16)17/h1-5H. The monoisotopic (exact) mass is 259 g/mol. The van der Waals surface area contributed by atoms with Gasteiger partial charge in [0.05, 0.1) is 10.5 Å². The largest absolute Gasteiger partial charge is 0.453 e. The summed E-state index contributed by atoms with van der Waals surface area (Å²) in [5.74, 6) is 0.293. The molecule has 0 spiro atoms. The number of carbonyl (C=O) groups is 1. The van der Waals surface area contributed by atoms with Crippen molar-refractivity contribution >= 4 is 23.0 Å². The Bertz CT molecular complexity index is 789. The van der Waals surface area contributed by atoms with Crippen molar-refractivity contribution in [2.45, 2.75) is 0 Å². The van der Waals surface area contributed by atoms with Gasteiger partial charge >= 0.3 is 5.69 Å². The molecule has 0 bridgehead atoms. The summed E-state index contributed by atoms with van der Waals surface area (Å²) in [6.45, 7) is 0. The van der Waals surface area contributed by atoms with E-state index in [2.05, 4.69) is 14.9 Å². The van der Waals surface area contributed by atoms with E-state index in [1.54, 1.807) is 0 Å². The van der Waals surface area contributed by atoms with Gasteiger partial charge in [-0.05, 0) is 34.6 Å². The van der Waals surface area contributed by atoms with Crippen LogP contribution in [0.5, 0.6) is 0 Å². The van der Waals surface area contributed by atoms with Gasteiger partial charge in [-0.1, -0.05) is 0 Å². The summed E-state index contributed by atoms with van der Waals surface area (Å²) < 4.78 is 9.67. The highest BCUT2D eigenvalue weighted by atomic mass is 16.6. The lowest BCUT2D eigenvalue weighted by Crippen LogP contribution is -1.93. The van der Waals surface area contributed by atoms with E-state index in [9.17, 15) is 14.9 Å². The maximum absolute atomic E-state index is 11.2. The van der Waals surface area contributed by atoms with Crippen molar-refractivity contribution in [2.75, 3.05) is 0 Å². The maximum atomic E-state index is 11.2. The summed E-state index contributed by atoms with van der Waals surface area (Å²) in [5.41, 5.74) is 0.246. The van der Waals surface area contributed by atoms with Crippen LogP contribution >= 0.6 is 0 Å². The van der Waals surface area contributed by atoms with Crippen LogP contribution in [0.4, 0.5) is 5.69 Å². The molecule has 0 aliphatic carbocycles. The van der Waals surface area contributed by atoms with Crippen molar-refractivity contribution in [3.8, 4) is 11.3 Å². The zero-order valence-corrected chi connectivity index (χ0v) is 9.27. The molecule has 19 heavy (non-hydrogen) atoms. The van der Waals surface area contributed by atoms with Gasteiger partial charge < -0.3 is 4.42 Å². The van der Waals surface area contributed by atoms with Gasteiger partial charge in [0.15, 0.2) is 12.0 Å². The summed E-state index contributed by atoms with van der Waals surface area (Å²) in [5, 5.41) is 18.2. The number of carbonyl (C=O) groups excluding carboxylic acids is 1. The third-order valence-electron chi connectivity index (χ3n) is 2.59. The Kier molecular flexibility index (Phi) is 2.34. The van der Waals surface area contributed by atoms with Gasteiger partial charge in [0, 0.05) is 0 Å². The number of furan rings is 1. The molecule has 94 valence electrons. The minimum Gasteiger partial charge on any atom is -0.453 e. The molecule has 1 aromatic carbocycles. The van der Waals surface area contributed by atoms with E-state index in [4.69, 9.17) is 4.42 Å². The molecule has 0 saturated heterocycles. The van der Waals surface area contributed by atoms with Crippen LogP contribution in [0, 0.1) is 10.1 Å². The van der Waals surface area contributed by atoms with E-state index >= 15 is 0 Å². The molecule has 0 amide bonds. The average molecular weight is 259 g/mol. The van der Waals surface area contributed by atoms with Crippen LogP contribution in [-0.4, -0.2) is 21.5 Å². The molecular weight excluding hydrogens is 254 g/mol. The first-order valence-corrected chi connectivity index (χ1v) is 5.16. The van der Waals surface area contributed by atoms with Gasteiger partial charge in [0.1, 0.15) is 11.3 Å². The number of hydrogen-bond donors (Lipinski definition) is 0. The average Bonchev–Trinajstić information content (AvgIpc) is 3.05. The quantitative estimate of drug-likeness (QED) is 0.402. The van der Waals surface area contributed by atoms with Crippen molar-refractivity contribution in [3.05, 3.63) is 40.1 Å². The van der Waals surface area contributed by atoms with Crippen molar-refractivity contribution in [2.24, 2.45) is 0 Å². The number of aldehydes is 1. The SMILES string of the molecule is O=Cc1ccc(-c2ccc3nonc3c2[N+](=O)[O-])o1. The minimum absolute atomic E-state index is 0.0338. The fraction of sp³-hybridized carbons (Fsp3) is 0. The summed E-state index contributed by atoms with van der Waals surface area (Å²) >= 11 is 0. The van der Waals surface area contributed by atoms with Crippen LogP contribution in [0.25, 0.3) is 22.4 Å². The van der Waals surface area contributed by atoms with E-state index < -0.39 is 4.92 Å². The third-order valence-corrected chi connectivity index (χ3v) is 2.59. The Hall–Kier alpha value is -3.03. The lowest BCUT2D eigenvalue weighted by atomic mass is 10.1. The molecule has 0 aliphatic heterocycles. The highest BCUT2D eigenvalue weighted by Crippen LogP contribution is 2.35. The van der Waals surface area contributed by atoms with Gasteiger partial charge in [-0.2, -0.15) is 0 Å². The Balaban J connectivity index is 2.30. The van der Waals surface area contributed by atoms with Gasteiger partial charge in [0.25, 0.3) is 0 Å². The molecule has 8 nitrogen and oxygen atoms in total. The van der Waals surface area contributed by atoms with E-state index in [0.29, 0.717) is 6.29 Å². The molecule has 0 aliphatic rings. The number of nitro benzene ring substituents is 1. The van der Waals surface area contributed by atoms with E-state index in [1.807, 2.05) is 0 Å². The van der Waals surface area contributed by atoms with Crippen LogP contribution in [-0.2, 0) is 0 Å². The Labute approximate surface area is 104 Å². The summed E-state index contributed by atoms with van der Waals surface area (Å²) in [6.07, 6.45) is 0.519. The van der Waals surface area contributed by atoms with E-state index in [1.165, 1.54) is 24.3 Å². The van der Waals surface area contributed by atoms with Gasteiger partial charge in [-0.25, -0.2) is 4.63 Å². The lowest BCUT2D eigenvalue weighted by molar-refractivity contribution is -0.382. The zero-order chi connectivity index (χ0) is 13.4. The number of benzene rings is 1. The fourth-order valence-electron chi connectivity index (χ4n) is 1.78. The van der Waals surface area contributed by atoms with Crippen molar-refractivity contribution < 1.29 is 18.8 Å². The highest BCUT2D eigenvalue weighted by Gasteiger charge is 2.25. The predicted octanol–water partition coefficient (Wildman–Crippen LogP) is 2.20. The highest BCUT2D eigenvalue weighted by molar-refractivity contribution is 5.92. The second-order valence-corrected chi connectivity index (χ2v) is 3.67. The van der Waals surface area contributed by atoms with Crippen molar-refractivity contribution in [1.29, 1.82) is 0 Å². The molecule has 0 unspecified atom stereocenters. The first-order chi connectivity index (χ1) is 9.20. The molecule has 3 rings (SSSR count). The molecule has 2 aromatic heterocycles. The summed E-state index contributed by atoms with van der Waals surface area (Å²) in [4.78, 5) is 21.2. The summed E-state index contributed by atoms with van der Waals surface area (Å²) in [6, 6.07) is 5.90. The predicted molar refractivity (Wildman–Crippen MR) is 61.5 cm³/mol. The molecule has 0 fully saturated rings. The lowest BCUT2D eigenvalue weighted by Gasteiger charge is -1.98. The Morgan fingerprint density at radius 2 is 2.05 bits per heavy atom. The van der Waals surface area contributed by atoms with Crippen LogP contribution in [0.2, 0.25) is 0 Å². The molecule has 3 aromatic rings. The van der Waals surface area contributed by atoms with Gasteiger partial charge in [-0.15, -0.1) is 0 Å². The normalized spacial score (nSPS) is 10.7. The van der Waals surface area contributed by atoms with Crippen LogP contribution < -0.4 is 0 Å². The minimum atomic E-state index is -0.592. The third kappa shape index (κ3) is 1.66. The van der Waals surface area contributed by atoms with Gasteiger partial charge in [-0.3, -0.25) is 14.9 Å². The second-order valence-electron chi connectivity index (χ2n) is 3.67. The molecule has 8 heteroatoms. The molecule has 0 saturated carbocycles. The Morgan fingerprint density at radius 1 is 1.21 bits per heavy atom. The Morgan fingerprint density at radius 3 is 2.74 bits per heavy atom. The van der Waals surface area contributed by atoms with Crippen LogP contribution in [0.15, 0.2) is 33.3 Å². The molecule has 0 atom stereocenters. The van der Waals surface area contributed by atoms with Crippen molar-refractivity contribution in [3.63, 3.8) is 0 Å². The molecule has 0 N–H and O–H groups in total. The van der Waals surface area contributed by atoms with E-state index in [0.717, 1.165) is 0 Å². The first-order valence-electron chi connectivity index (χ1n) is 5.16. The van der Waals surface area contributed by atoms with Crippen LogP contribution in [0.3, 0.4) is 0 Å². The zero-order valence-electron chi connectivity index (χ0n) is 9.27. The van der Waals surface area contributed by atoms with Crippen LogP contribution in [0.1, 0.15) is 10.6 Å². The number of hydrogen-bond acceptors (Lipinski definition) is 7. The number of fused-ring (bicyclic) bond motifs is 1. The number of aromatic nitrogens is 2. The smallest absolute Gasteiger partial charge is 0.311 e. The van der Waals surface area contributed by atoms with E-state index in [-0.39, 0.29) is 33.8 Å². The maximum Gasteiger partial charge on any atom is 0.311 e. The molecule has 0 radical (unpaired) electrons. The fourth-order valence-corrected chi connectivity index (χ4v) is 1.78. The summed E-state index contributed by atoms with van der Waals surface area (Å²) in [7, 11) is 0. The number of nitro groups is 1. The topological polar surface area (TPSA) is 112 Å². The second kappa shape index (κ2) is 4.02. The number of nitrogens with zero attached hydrogens (tertiary/aromatic N) is 3. The van der Waals surface area contributed by atoms with Crippen molar-refractivity contribution in [1.82, 2.24) is 10.3 Å². The molecule has 2 heterocycles.